The summed E-state index contributed by atoms with van der Waals surface area (Å²) in [4.78, 5) is 14.8. The zero-order chi connectivity index (χ0) is 18.3. The standard InChI is InChI=1S/C21H20FN3O/c1-13(2)12-25-20(15-9-6-10-16(22)11-15)17-18(14-7-4-3-5-8-14)23-24-19(17)21(25)26/h3-11,13,20H,12H2,1-2H3,(H,23,24). The van der Waals surface area contributed by atoms with E-state index in [1.807, 2.05) is 41.3 Å². The molecule has 1 aliphatic rings. The van der Waals surface area contributed by atoms with Gasteiger partial charge in [-0.3, -0.25) is 9.89 Å². The van der Waals surface area contributed by atoms with Crippen molar-refractivity contribution in [2.45, 2.75) is 19.9 Å². The molecule has 1 aliphatic heterocycles. The van der Waals surface area contributed by atoms with E-state index < -0.39 is 0 Å². The minimum Gasteiger partial charge on any atom is -0.326 e. The first kappa shape index (κ1) is 16.5. The van der Waals surface area contributed by atoms with Gasteiger partial charge in [-0.15, -0.1) is 0 Å². The van der Waals surface area contributed by atoms with Crippen molar-refractivity contribution in [1.82, 2.24) is 15.1 Å². The van der Waals surface area contributed by atoms with Gasteiger partial charge in [0.25, 0.3) is 5.91 Å². The molecule has 0 bridgehead atoms. The number of carbonyl (C=O) groups excluding carboxylic acids is 1. The molecule has 4 rings (SSSR count). The van der Waals surface area contributed by atoms with Crippen LogP contribution in [0.5, 0.6) is 0 Å². The number of H-pyrrole nitrogens is 1. The number of amides is 1. The van der Waals surface area contributed by atoms with Gasteiger partial charge in [-0.25, -0.2) is 4.39 Å². The average Bonchev–Trinajstić information content (AvgIpc) is 3.15. The summed E-state index contributed by atoms with van der Waals surface area (Å²) < 4.78 is 13.9. The van der Waals surface area contributed by atoms with E-state index in [0.717, 1.165) is 22.4 Å². The lowest BCUT2D eigenvalue weighted by Gasteiger charge is -2.28. The van der Waals surface area contributed by atoms with E-state index in [1.54, 1.807) is 6.07 Å². The van der Waals surface area contributed by atoms with Crippen molar-refractivity contribution < 1.29 is 9.18 Å². The number of carbonyl (C=O) groups is 1. The fraction of sp³-hybridized carbons (Fsp3) is 0.238. The Morgan fingerprint density at radius 2 is 1.92 bits per heavy atom. The number of aromatic nitrogens is 2. The molecule has 0 saturated carbocycles. The fourth-order valence-corrected chi connectivity index (χ4v) is 3.62. The van der Waals surface area contributed by atoms with Gasteiger partial charge in [-0.1, -0.05) is 56.3 Å². The van der Waals surface area contributed by atoms with Gasteiger partial charge in [0.15, 0.2) is 0 Å². The molecule has 3 aromatic rings. The third-order valence-corrected chi connectivity index (χ3v) is 4.64. The van der Waals surface area contributed by atoms with E-state index in [9.17, 15) is 9.18 Å². The molecule has 26 heavy (non-hydrogen) atoms. The van der Waals surface area contributed by atoms with Crippen LogP contribution in [0.4, 0.5) is 4.39 Å². The number of fused-ring (bicyclic) bond motifs is 1. The second kappa shape index (κ2) is 6.41. The van der Waals surface area contributed by atoms with Crippen LogP contribution in [0, 0.1) is 11.7 Å². The SMILES string of the molecule is CC(C)CN1C(=O)c2[nH]nc(-c3ccccc3)c2C1c1cccc(F)c1. The molecule has 4 nitrogen and oxygen atoms in total. The van der Waals surface area contributed by atoms with Crippen molar-refractivity contribution in [2.24, 2.45) is 5.92 Å². The van der Waals surface area contributed by atoms with E-state index >= 15 is 0 Å². The summed E-state index contributed by atoms with van der Waals surface area (Å²) in [5.74, 6) is -0.0950. The summed E-state index contributed by atoms with van der Waals surface area (Å²) in [5, 5.41) is 7.32. The molecule has 0 aliphatic carbocycles. The largest absolute Gasteiger partial charge is 0.326 e. The summed E-state index contributed by atoms with van der Waals surface area (Å²) in [6.45, 7) is 4.73. The third-order valence-electron chi connectivity index (χ3n) is 4.64. The average molecular weight is 349 g/mol. The number of nitrogens with one attached hydrogen (secondary N) is 1. The quantitative estimate of drug-likeness (QED) is 0.758. The fourth-order valence-electron chi connectivity index (χ4n) is 3.62. The Bertz CT molecular complexity index is 949. The van der Waals surface area contributed by atoms with Crippen LogP contribution < -0.4 is 0 Å². The minimum absolute atomic E-state index is 0.0855. The lowest BCUT2D eigenvalue weighted by Crippen LogP contribution is -2.32. The number of halogens is 1. The first-order valence-electron chi connectivity index (χ1n) is 8.76. The Morgan fingerprint density at radius 3 is 2.62 bits per heavy atom. The molecule has 1 amide bonds. The predicted molar refractivity (Wildman–Crippen MR) is 98.1 cm³/mol. The van der Waals surface area contributed by atoms with Gasteiger partial charge in [0.1, 0.15) is 11.5 Å². The van der Waals surface area contributed by atoms with E-state index in [1.165, 1.54) is 12.1 Å². The summed E-state index contributed by atoms with van der Waals surface area (Å²) in [7, 11) is 0. The van der Waals surface area contributed by atoms with Crippen LogP contribution in [0.3, 0.4) is 0 Å². The summed E-state index contributed by atoms with van der Waals surface area (Å²) in [6, 6.07) is 15.9. The maximum atomic E-state index is 13.9. The molecule has 1 N–H and O–H groups in total. The van der Waals surface area contributed by atoms with E-state index in [2.05, 4.69) is 24.0 Å². The molecule has 0 saturated heterocycles. The Hall–Kier alpha value is -2.95. The minimum atomic E-state index is -0.343. The van der Waals surface area contributed by atoms with Gasteiger partial charge < -0.3 is 4.90 Å². The monoisotopic (exact) mass is 349 g/mol. The van der Waals surface area contributed by atoms with E-state index in [-0.39, 0.29) is 17.8 Å². The molecule has 1 atom stereocenters. The van der Waals surface area contributed by atoms with Crippen LogP contribution in [-0.4, -0.2) is 27.5 Å². The Labute approximate surface area is 151 Å². The van der Waals surface area contributed by atoms with Crippen molar-refractivity contribution in [1.29, 1.82) is 0 Å². The van der Waals surface area contributed by atoms with Crippen LogP contribution in [0.15, 0.2) is 54.6 Å². The number of nitrogens with zero attached hydrogens (tertiary/aromatic N) is 2. The van der Waals surface area contributed by atoms with E-state index in [0.29, 0.717) is 18.2 Å². The maximum absolute atomic E-state index is 13.9. The van der Waals surface area contributed by atoms with Crippen molar-refractivity contribution in [3.63, 3.8) is 0 Å². The molecular formula is C21H20FN3O. The molecule has 132 valence electrons. The Balaban J connectivity index is 1.90. The summed E-state index contributed by atoms with van der Waals surface area (Å²) in [5.41, 5.74) is 3.77. The van der Waals surface area contributed by atoms with E-state index in [4.69, 9.17) is 0 Å². The number of benzene rings is 2. The lowest BCUT2D eigenvalue weighted by atomic mass is 9.95. The van der Waals surface area contributed by atoms with Crippen LogP contribution in [-0.2, 0) is 0 Å². The molecule has 1 aromatic heterocycles. The molecule has 0 spiro atoms. The van der Waals surface area contributed by atoms with Gasteiger partial charge in [0.2, 0.25) is 0 Å². The van der Waals surface area contributed by atoms with Gasteiger partial charge >= 0.3 is 0 Å². The Morgan fingerprint density at radius 1 is 1.15 bits per heavy atom. The molecular weight excluding hydrogens is 329 g/mol. The van der Waals surface area contributed by atoms with Crippen LogP contribution in [0.1, 0.15) is 41.5 Å². The number of aromatic amines is 1. The smallest absolute Gasteiger partial charge is 0.273 e. The van der Waals surface area contributed by atoms with Crippen molar-refractivity contribution in [3.05, 3.63) is 77.2 Å². The lowest BCUT2D eigenvalue weighted by molar-refractivity contribution is 0.0722. The third kappa shape index (κ3) is 2.69. The first-order chi connectivity index (χ1) is 12.6. The number of hydrogen-bond donors (Lipinski definition) is 1. The van der Waals surface area contributed by atoms with Crippen LogP contribution in [0.25, 0.3) is 11.3 Å². The molecule has 2 heterocycles. The molecule has 2 aromatic carbocycles. The molecule has 0 fully saturated rings. The predicted octanol–water partition coefficient (Wildman–Crippen LogP) is 4.42. The molecule has 1 unspecified atom stereocenters. The zero-order valence-corrected chi connectivity index (χ0v) is 14.7. The highest BCUT2D eigenvalue weighted by molar-refractivity contribution is 6.00. The Kier molecular flexibility index (Phi) is 4.07. The maximum Gasteiger partial charge on any atom is 0.273 e. The summed E-state index contributed by atoms with van der Waals surface area (Å²) in [6.07, 6.45) is 0. The van der Waals surface area contributed by atoms with Gasteiger partial charge in [0.05, 0.1) is 11.7 Å². The zero-order valence-electron chi connectivity index (χ0n) is 14.7. The topological polar surface area (TPSA) is 49.0 Å². The second-order valence-corrected chi connectivity index (χ2v) is 7.04. The molecule has 5 heteroatoms. The normalized spacial score (nSPS) is 16.4. The highest BCUT2D eigenvalue weighted by Gasteiger charge is 2.42. The highest BCUT2D eigenvalue weighted by Crippen LogP contribution is 2.43. The van der Waals surface area contributed by atoms with Crippen molar-refractivity contribution in [3.8, 4) is 11.3 Å². The molecule has 0 radical (unpaired) electrons. The van der Waals surface area contributed by atoms with Gasteiger partial charge in [-0.05, 0) is 23.6 Å². The van der Waals surface area contributed by atoms with Crippen molar-refractivity contribution >= 4 is 5.91 Å². The number of rotatable bonds is 4. The second-order valence-electron chi connectivity index (χ2n) is 7.04. The van der Waals surface area contributed by atoms with Gasteiger partial charge in [0, 0.05) is 17.7 Å². The van der Waals surface area contributed by atoms with Crippen LogP contribution >= 0.6 is 0 Å². The van der Waals surface area contributed by atoms with Crippen LogP contribution in [0.2, 0.25) is 0 Å². The first-order valence-corrected chi connectivity index (χ1v) is 8.76. The van der Waals surface area contributed by atoms with Crippen molar-refractivity contribution in [2.75, 3.05) is 6.54 Å². The van der Waals surface area contributed by atoms with Gasteiger partial charge in [-0.2, -0.15) is 5.10 Å². The summed E-state index contributed by atoms with van der Waals surface area (Å²) >= 11 is 0. The highest BCUT2D eigenvalue weighted by atomic mass is 19.1. The number of hydrogen-bond acceptors (Lipinski definition) is 2.